The van der Waals surface area contributed by atoms with Gasteiger partial charge in [0.1, 0.15) is 5.76 Å². The van der Waals surface area contributed by atoms with Gasteiger partial charge in [0, 0.05) is 11.8 Å². The number of furan rings is 1. The fourth-order valence-corrected chi connectivity index (χ4v) is 4.77. The molecule has 2 aromatic carbocycles. The summed E-state index contributed by atoms with van der Waals surface area (Å²) in [5.74, 6) is 0.350. The molecule has 4 rings (SSSR count). The SMILES string of the molecule is Cc1ccc2sc(N(Cc3ccco3)C(=O)c3ccc(S(C)(=O)=O)cc3)nc2c1C. The van der Waals surface area contributed by atoms with Crippen molar-refractivity contribution in [3.05, 3.63) is 77.2 Å². The predicted octanol–water partition coefficient (Wildman–Crippen LogP) is 4.76. The third-order valence-corrected chi connectivity index (χ3v) is 7.15. The number of carbonyl (C=O) groups is 1. The van der Waals surface area contributed by atoms with Gasteiger partial charge in [-0.3, -0.25) is 9.69 Å². The molecule has 0 radical (unpaired) electrons. The minimum Gasteiger partial charge on any atom is -0.467 e. The molecule has 0 aliphatic rings. The van der Waals surface area contributed by atoms with Crippen molar-refractivity contribution in [2.75, 3.05) is 11.2 Å². The lowest BCUT2D eigenvalue weighted by atomic mass is 10.1. The first-order valence-electron chi connectivity index (χ1n) is 9.25. The summed E-state index contributed by atoms with van der Waals surface area (Å²) in [5, 5.41) is 0.562. The number of hydrogen-bond acceptors (Lipinski definition) is 6. The van der Waals surface area contributed by atoms with E-state index in [0.717, 1.165) is 27.6 Å². The second-order valence-corrected chi connectivity index (χ2v) is 10.1. The maximum absolute atomic E-state index is 13.4. The largest absolute Gasteiger partial charge is 0.467 e. The van der Waals surface area contributed by atoms with Gasteiger partial charge < -0.3 is 4.42 Å². The lowest BCUT2D eigenvalue weighted by Gasteiger charge is -2.19. The highest BCUT2D eigenvalue weighted by molar-refractivity contribution is 7.90. The lowest BCUT2D eigenvalue weighted by molar-refractivity contribution is 0.0983. The first-order chi connectivity index (χ1) is 14.2. The summed E-state index contributed by atoms with van der Waals surface area (Å²) in [6.07, 6.45) is 2.70. The molecule has 0 saturated carbocycles. The Kier molecular flexibility index (Phi) is 5.21. The van der Waals surface area contributed by atoms with E-state index >= 15 is 0 Å². The smallest absolute Gasteiger partial charge is 0.260 e. The number of nitrogens with zero attached hydrogens (tertiary/aromatic N) is 2. The number of amides is 1. The Morgan fingerprint density at radius 1 is 1.10 bits per heavy atom. The molecule has 0 atom stereocenters. The number of aryl methyl sites for hydroxylation is 2. The predicted molar refractivity (Wildman–Crippen MR) is 118 cm³/mol. The molecular weight excluding hydrogens is 420 g/mol. The van der Waals surface area contributed by atoms with Crippen LogP contribution in [0.1, 0.15) is 27.2 Å². The Morgan fingerprint density at radius 3 is 2.47 bits per heavy atom. The van der Waals surface area contributed by atoms with E-state index in [1.54, 1.807) is 23.3 Å². The van der Waals surface area contributed by atoms with Gasteiger partial charge in [-0.2, -0.15) is 0 Å². The number of fused-ring (bicyclic) bond motifs is 1. The summed E-state index contributed by atoms with van der Waals surface area (Å²) in [6, 6.07) is 13.6. The Hall–Kier alpha value is -2.97. The minimum absolute atomic E-state index is 0.169. The van der Waals surface area contributed by atoms with Crippen molar-refractivity contribution in [3.8, 4) is 0 Å². The van der Waals surface area contributed by atoms with Crippen LogP contribution in [0.15, 0.2) is 64.1 Å². The zero-order valence-electron chi connectivity index (χ0n) is 16.7. The van der Waals surface area contributed by atoms with Crippen molar-refractivity contribution in [3.63, 3.8) is 0 Å². The maximum atomic E-state index is 13.4. The first-order valence-corrected chi connectivity index (χ1v) is 12.0. The van der Waals surface area contributed by atoms with Crippen molar-refractivity contribution in [1.29, 1.82) is 0 Å². The van der Waals surface area contributed by atoms with Gasteiger partial charge in [-0.05, 0) is 67.4 Å². The van der Waals surface area contributed by atoms with Crippen LogP contribution in [0.5, 0.6) is 0 Å². The molecule has 0 spiro atoms. The van der Waals surface area contributed by atoms with Crippen LogP contribution in [0, 0.1) is 13.8 Å². The Bertz CT molecular complexity index is 1320. The van der Waals surface area contributed by atoms with Crippen LogP contribution in [0.3, 0.4) is 0 Å². The Labute approximate surface area is 178 Å². The third kappa shape index (κ3) is 3.88. The van der Waals surface area contributed by atoms with Crippen LogP contribution in [0.4, 0.5) is 5.13 Å². The quantitative estimate of drug-likeness (QED) is 0.447. The van der Waals surface area contributed by atoms with E-state index in [2.05, 4.69) is 0 Å². The summed E-state index contributed by atoms with van der Waals surface area (Å²) in [6.45, 7) is 4.27. The highest BCUT2D eigenvalue weighted by Crippen LogP contribution is 2.33. The molecule has 8 heteroatoms. The van der Waals surface area contributed by atoms with Crippen molar-refractivity contribution in [2.45, 2.75) is 25.3 Å². The summed E-state index contributed by atoms with van der Waals surface area (Å²) in [4.78, 5) is 19.8. The second-order valence-electron chi connectivity index (χ2n) is 7.12. The standard InChI is InChI=1S/C22H20N2O4S2/c1-14-6-11-19-20(15(14)2)23-22(29-19)24(13-17-5-4-12-28-17)21(25)16-7-9-18(10-8-16)30(3,26)27/h4-12H,13H2,1-3H3. The fraction of sp³-hybridized carbons (Fsp3) is 0.182. The van der Waals surface area contributed by atoms with Crippen molar-refractivity contribution >= 4 is 42.4 Å². The highest BCUT2D eigenvalue weighted by atomic mass is 32.2. The molecule has 30 heavy (non-hydrogen) atoms. The number of sulfone groups is 1. The maximum Gasteiger partial charge on any atom is 0.260 e. The zero-order chi connectivity index (χ0) is 21.5. The van der Waals surface area contributed by atoms with Crippen LogP contribution < -0.4 is 4.90 Å². The normalized spacial score (nSPS) is 11.7. The topological polar surface area (TPSA) is 80.5 Å². The molecule has 0 unspecified atom stereocenters. The highest BCUT2D eigenvalue weighted by Gasteiger charge is 2.23. The molecule has 0 fully saturated rings. The molecule has 0 aliphatic heterocycles. The van der Waals surface area contributed by atoms with Gasteiger partial charge in [0.25, 0.3) is 5.91 Å². The van der Waals surface area contributed by atoms with Gasteiger partial charge in [0.15, 0.2) is 15.0 Å². The Morgan fingerprint density at radius 2 is 1.83 bits per heavy atom. The molecule has 0 N–H and O–H groups in total. The number of anilines is 1. The molecule has 0 bridgehead atoms. The van der Waals surface area contributed by atoms with Gasteiger partial charge in [0.2, 0.25) is 0 Å². The van der Waals surface area contributed by atoms with E-state index in [1.807, 2.05) is 26.0 Å². The van der Waals surface area contributed by atoms with Gasteiger partial charge >= 0.3 is 0 Å². The van der Waals surface area contributed by atoms with Gasteiger partial charge in [-0.15, -0.1) is 0 Å². The number of rotatable bonds is 5. The molecular formula is C22H20N2O4S2. The number of benzene rings is 2. The van der Waals surface area contributed by atoms with Gasteiger partial charge in [-0.1, -0.05) is 17.4 Å². The van der Waals surface area contributed by atoms with Crippen molar-refractivity contribution in [1.82, 2.24) is 4.98 Å². The second kappa shape index (κ2) is 7.70. The first kappa shape index (κ1) is 20.3. The van der Waals surface area contributed by atoms with Gasteiger partial charge in [0.05, 0.1) is 27.9 Å². The fourth-order valence-electron chi connectivity index (χ4n) is 3.11. The van der Waals surface area contributed by atoms with Crippen LogP contribution in [0.25, 0.3) is 10.2 Å². The Balaban J connectivity index is 1.76. The summed E-state index contributed by atoms with van der Waals surface area (Å²) >= 11 is 1.44. The molecule has 1 amide bonds. The number of aromatic nitrogens is 1. The van der Waals surface area contributed by atoms with E-state index in [0.29, 0.717) is 16.5 Å². The number of carbonyl (C=O) groups excluding carboxylic acids is 1. The van der Waals surface area contributed by atoms with Crippen LogP contribution in [-0.4, -0.2) is 25.6 Å². The van der Waals surface area contributed by atoms with E-state index in [4.69, 9.17) is 9.40 Å². The summed E-state index contributed by atoms with van der Waals surface area (Å²) in [7, 11) is -3.34. The van der Waals surface area contributed by atoms with E-state index < -0.39 is 9.84 Å². The average Bonchev–Trinajstić information content (AvgIpc) is 3.38. The molecule has 154 valence electrons. The molecule has 2 heterocycles. The molecule has 4 aromatic rings. The lowest BCUT2D eigenvalue weighted by Crippen LogP contribution is -2.30. The van der Waals surface area contributed by atoms with E-state index in [-0.39, 0.29) is 17.3 Å². The van der Waals surface area contributed by atoms with Crippen LogP contribution in [0.2, 0.25) is 0 Å². The zero-order valence-corrected chi connectivity index (χ0v) is 18.4. The van der Waals surface area contributed by atoms with E-state index in [1.165, 1.54) is 35.6 Å². The minimum atomic E-state index is -3.34. The summed E-state index contributed by atoms with van der Waals surface area (Å²) in [5.41, 5.74) is 3.47. The average molecular weight is 441 g/mol. The van der Waals surface area contributed by atoms with Gasteiger partial charge in [-0.25, -0.2) is 13.4 Å². The number of thiazole rings is 1. The monoisotopic (exact) mass is 440 g/mol. The number of hydrogen-bond donors (Lipinski definition) is 0. The van der Waals surface area contributed by atoms with Crippen LogP contribution >= 0.6 is 11.3 Å². The molecule has 6 nitrogen and oxygen atoms in total. The molecule has 0 saturated heterocycles. The van der Waals surface area contributed by atoms with E-state index in [9.17, 15) is 13.2 Å². The molecule has 0 aliphatic carbocycles. The van der Waals surface area contributed by atoms with Crippen LogP contribution in [-0.2, 0) is 16.4 Å². The molecule has 2 aromatic heterocycles. The third-order valence-electron chi connectivity index (χ3n) is 4.97. The van der Waals surface area contributed by atoms with Crippen molar-refractivity contribution in [2.24, 2.45) is 0 Å². The summed E-state index contributed by atoms with van der Waals surface area (Å²) < 4.78 is 29.9. The van der Waals surface area contributed by atoms with Crippen molar-refractivity contribution < 1.29 is 17.6 Å².